The van der Waals surface area contributed by atoms with Gasteiger partial charge in [-0.25, -0.2) is 0 Å². The Hall–Kier alpha value is -3.14. The van der Waals surface area contributed by atoms with E-state index in [1.165, 1.54) is 38.5 Å². The average molecular weight is 487 g/mol. The molecule has 2 aliphatic carbocycles. The molecule has 0 heterocycles. The number of carbonyl (C=O) groups excluding carboxylic acids is 2. The lowest BCUT2D eigenvalue weighted by Crippen LogP contribution is -2.27. The Morgan fingerprint density at radius 2 is 0.861 bits per heavy atom. The van der Waals surface area contributed by atoms with Gasteiger partial charge in [-0.3, -0.25) is 9.59 Å². The van der Waals surface area contributed by atoms with E-state index in [-0.39, 0.29) is 11.6 Å². The van der Waals surface area contributed by atoms with Crippen molar-refractivity contribution in [1.82, 2.24) is 0 Å². The lowest BCUT2D eigenvalue weighted by molar-refractivity contribution is 0.0982. The van der Waals surface area contributed by atoms with Crippen molar-refractivity contribution in [2.45, 2.75) is 78.1 Å². The van der Waals surface area contributed by atoms with Crippen molar-refractivity contribution < 1.29 is 19.1 Å². The summed E-state index contributed by atoms with van der Waals surface area (Å²) in [5.41, 5.74) is 3.23. The van der Waals surface area contributed by atoms with Crippen molar-refractivity contribution in [3.05, 3.63) is 81.9 Å². The van der Waals surface area contributed by atoms with E-state index in [9.17, 15) is 9.59 Å². The average Bonchev–Trinajstić information content (AvgIpc) is 2.91. The lowest BCUT2D eigenvalue weighted by Gasteiger charge is -2.30. The second-order valence-electron chi connectivity index (χ2n) is 9.68. The first-order chi connectivity index (χ1) is 17.7. The number of unbranched alkanes of at least 4 members (excludes halogenated alkanes) is 8. The predicted molar refractivity (Wildman–Crippen MR) is 145 cm³/mol. The normalized spacial score (nSPS) is 14.5. The number of benzene rings is 2. The van der Waals surface area contributed by atoms with Gasteiger partial charge in [0.2, 0.25) is 0 Å². The maximum absolute atomic E-state index is 13.8. The summed E-state index contributed by atoms with van der Waals surface area (Å²) in [6, 6.07) is 14.9. The molecule has 0 spiro atoms. The molecule has 190 valence electrons. The van der Waals surface area contributed by atoms with Crippen LogP contribution in [-0.2, 0) is 9.47 Å². The molecular formula is C32H38O4. The maximum Gasteiger partial charge on any atom is 0.198 e. The molecule has 0 unspecified atom stereocenters. The number of Topliss-reactive ketones (excluding diaryl/α,β-unsaturated/α-hetero) is 2. The summed E-state index contributed by atoms with van der Waals surface area (Å²) >= 11 is 0. The van der Waals surface area contributed by atoms with Crippen LogP contribution < -0.4 is 0 Å². The standard InChI is InChI=1S/C32H38O4/c1-3-5-7-9-15-21-35-31-25-19-13-11-17-23(25)30(34)28-27(31)29(33)24-18-12-14-20-26(24)32(28)36-22-16-10-8-6-4-2/h11-14,17-20H,3-10,15-16,21-22H2,1-2H3. The van der Waals surface area contributed by atoms with Gasteiger partial charge in [-0.15, -0.1) is 0 Å². The first-order valence-electron chi connectivity index (χ1n) is 13.7. The number of rotatable bonds is 14. The number of fused-ring (bicyclic) bond motifs is 3. The molecule has 4 heteroatoms. The highest BCUT2D eigenvalue weighted by molar-refractivity contribution is 6.33. The van der Waals surface area contributed by atoms with Gasteiger partial charge in [0.05, 0.1) is 24.4 Å². The van der Waals surface area contributed by atoms with Gasteiger partial charge >= 0.3 is 0 Å². The van der Waals surface area contributed by atoms with E-state index < -0.39 is 0 Å². The summed E-state index contributed by atoms with van der Waals surface area (Å²) in [5, 5.41) is 0. The Balaban J connectivity index is 1.72. The van der Waals surface area contributed by atoms with Crippen molar-refractivity contribution in [3.8, 4) is 0 Å². The molecule has 0 aromatic heterocycles. The van der Waals surface area contributed by atoms with E-state index in [1.54, 1.807) is 0 Å². The van der Waals surface area contributed by atoms with Crippen LogP contribution in [-0.4, -0.2) is 24.8 Å². The van der Waals surface area contributed by atoms with E-state index in [4.69, 9.17) is 9.47 Å². The molecule has 4 rings (SSSR count). The van der Waals surface area contributed by atoms with E-state index in [0.717, 1.165) is 25.7 Å². The molecule has 0 fully saturated rings. The molecule has 0 atom stereocenters. The summed E-state index contributed by atoms with van der Waals surface area (Å²) in [6.07, 6.45) is 11.2. The number of hydrogen-bond donors (Lipinski definition) is 0. The summed E-state index contributed by atoms with van der Waals surface area (Å²) < 4.78 is 12.7. The highest BCUT2D eigenvalue weighted by atomic mass is 16.5. The molecule has 0 N–H and O–H groups in total. The second kappa shape index (κ2) is 12.7. The van der Waals surface area contributed by atoms with Crippen molar-refractivity contribution in [2.24, 2.45) is 0 Å². The fraction of sp³-hybridized carbons (Fsp3) is 0.438. The Morgan fingerprint density at radius 1 is 0.500 bits per heavy atom. The molecule has 0 saturated heterocycles. The van der Waals surface area contributed by atoms with Crippen LogP contribution in [0.3, 0.4) is 0 Å². The number of ketones is 2. The van der Waals surface area contributed by atoms with E-state index in [0.29, 0.717) is 58.1 Å². The number of ether oxygens (including phenoxy) is 2. The van der Waals surface area contributed by atoms with Gasteiger partial charge in [-0.2, -0.15) is 0 Å². The highest BCUT2D eigenvalue weighted by Gasteiger charge is 2.42. The van der Waals surface area contributed by atoms with Crippen molar-refractivity contribution >= 4 is 23.1 Å². The molecule has 0 saturated carbocycles. The minimum atomic E-state index is -0.167. The van der Waals surface area contributed by atoms with Gasteiger partial charge < -0.3 is 9.47 Å². The first kappa shape index (κ1) is 25.9. The van der Waals surface area contributed by atoms with Gasteiger partial charge in [0.25, 0.3) is 0 Å². The number of hydrogen-bond acceptors (Lipinski definition) is 4. The number of allylic oxidation sites excluding steroid dienone is 2. The fourth-order valence-electron chi connectivity index (χ4n) is 5.02. The highest BCUT2D eigenvalue weighted by Crippen LogP contribution is 2.44. The summed E-state index contributed by atoms with van der Waals surface area (Å²) in [7, 11) is 0. The van der Waals surface area contributed by atoms with E-state index >= 15 is 0 Å². The molecular weight excluding hydrogens is 448 g/mol. The van der Waals surface area contributed by atoms with Gasteiger partial charge in [-0.1, -0.05) is 114 Å². The Bertz CT molecular complexity index is 1060. The van der Waals surface area contributed by atoms with Crippen LogP contribution in [0.2, 0.25) is 0 Å². The monoisotopic (exact) mass is 486 g/mol. The van der Waals surface area contributed by atoms with Crippen LogP contribution in [0.25, 0.3) is 11.5 Å². The van der Waals surface area contributed by atoms with Gasteiger partial charge in [0.15, 0.2) is 11.6 Å². The fourth-order valence-corrected chi connectivity index (χ4v) is 5.02. The van der Waals surface area contributed by atoms with E-state index in [1.807, 2.05) is 48.5 Å². The SMILES string of the molecule is CCCCCCCOC1=C2C(=O)c3ccccc3C(OCCCCCCC)=C2C(=O)c2ccccc21. The van der Waals surface area contributed by atoms with Crippen molar-refractivity contribution in [3.63, 3.8) is 0 Å². The zero-order valence-electron chi connectivity index (χ0n) is 21.7. The largest absolute Gasteiger partial charge is 0.492 e. The van der Waals surface area contributed by atoms with Crippen molar-refractivity contribution in [2.75, 3.05) is 13.2 Å². The minimum Gasteiger partial charge on any atom is -0.492 e. The second-order valence-corrected chi connectivity index (χ2v) is 9.68. The lowest BCUT2D eigenvalue weighted by atomic mass is 9.76. The summed E-state index contributed by atoms with van der Waals surface area (Å²) in [5.74, 6) is 0.693. The number of carbonyl (C=O) groups is 2. The molecule has 0 amide bonds. The summed E-state index contributed by atoms with van der Waals surface area (Å²) in [4.78, 5) is 27.6. The van der Waals surface area contributed by atoms with Gasteiger partial charge in [0, 0.05) is 22.3 Å². The van der Waals surface area contributed by atoms with Crippen LogP contribution in [0.15, 0.2) is 59.7 Å². The molecule has 0 bridgehead atoms. The van der Waals surface area contributed by atoms with Crippen LogP contribution in [0.5, 0.6) is 0 Å². The van der Waals surface area contributed by atoms with Gasteiger partial charge in [-0.05, 0) is 12.8 Å². The zero-order valence-corrected chi connectivity index (χ0v) is 21.7. The smallest absolute Gasteiger partial charge is 0.198 e. The summed E-state index contributed by atoms with van der Waals surface area (Å²) in [6.45, 7) is 5.43. The van der Waals surface area contributed by atoms with Crippen molar-refractivity contribution in [1.29, 1.82) is 0 Å². The maximum atomic E-state index is 13.8. The van der Waals surface area contributed by atoms with E-state index in [2.05, 4.69) is 13.8 Å². The molecule has 2 aromatic rings. The third-order valence-corrected chi connectivity index (χ3v) is 6.98. The molecule has 0 radical (unpaired) electrons. The van der Waals surface area contributed by atoms with Gasteiger partial charge in [0.1, 0.15) is 11.5 Å². The topological polar surface area (TPSA) is 52.6 Å². The zero-order chi connectivity index (χ0) is 25.3. The van der Waals surface area contributed by atoms with Crippen LogP contribution in [0.4, 0.5) is 0 Å². The van der Waals surface area contributed by atoms with Crippen LogP contribution in [0, 0.1) is 0 Å². The Labute approximate surface area is 215 Å². The quantitative estimate of drug-likeness (QED) is 0.253. The van der Waals surface area contributed by atoms with Crippen LogP contribution in [0.1, 0.15) is 110 Å². The molecule has 2 aromatic carbocycles. The Morgan fingerprint density at radius 3 is 1.25 bits per heavy atom. The third-order valence-electron chi connectivity index (χ3n) is 6.98. The predicted octanol–water partition coefficient (Wildman–Crippen LogP) is 8.18. The first-order valence-corrected chi connectivity index (χ1v) is 13.7. The van der Waals surface area contributed by atoms with Crippen LogP contribution >= 0.6 is 0 Å². The molecule has 4 nitrogen and oxygen atoms in total. The minimum absolute atomic E-state index is 0.167. The Kier molecular flexibility index (Phi) is 9.16. The molecule has 2 aliphatic rings. The molecule has 0 aliphatic heterocycles. The molecule has 36 heavy (non-hydrogen) atoms. The third kappa shape index (κ3) is 5.48.